The van der Waals surface area contributed by atoms with Gasteiger partial charge in [-0.3, -0.25) is 9.52 Å². The van der Waals surface area contributed by atoms with E-state index in [0.717, 1.165) is 11.3 Å². The molecule has 9 heteroatoms. The first-order chi connectivity index (χ1) is 9.39. The molecule has 1 aromatic heterocycles. The summed E-state index contributed by atoms with van der Waals surface area (Å²) in [7, 11) is -2.52. The van der Waals surface area contributed by atoms with E-state index in [4.69, 9.17) is 0 Å². The molecule has 112 valence electrons. The molecule has 0 spiro atoms. The van der Waals surface area contributed by atoms with Crippen LogP contribution in [0, 0.1) is 0 Å². The van der Waals surface area contributed by atoms with Crippen LogP contribution >= 0.6 is 11.3 Å². The molecule has 1 N–H and O–H groups in total. The number of sulfonamides is 1. The summed E-state index contributed by atoms with van der Waals surface area (Å²) >= 11 is 1.06. The normalized spacial score (nSPS) is 10.9. The molecule has 0 fully saturated rings. The smallest absolute Gasteiger partial charge is 0.350 e. The molecule has 0 aromatic carbocycles. The minimum atomic E-state index is -3.73. The Hall–Kier alpha value is -1.61. The Balaban J connectivity index is 2.70. The number of carbonyl (C=O) groups is 2. The van der Waals surface area contributed by atoms with Gasteiger partial charge in [0.25, 0.3) is 0 Å². The third-order valence-electron chi connectivity index (χ3n) is 2.18. The van der Waals surface area contributed by atoms with Crippen LogP contribution in [0.15, 0.2) is 11.4 Å². The Morgan fingerprint density at radius 2 is 2.10 bits per heavy atom. The predicted molar refractivity (Wildman–Crippen MR) is 74.3 cm³/mol. The Labute approximate surface area is 120 Å². The molecule has 0 atom stereocenters. The zero-order valence-electron chi connectivity index (χ0n) is 11.0. The fourth-order valence-electron chi connectivity index (χ4n) is 1.31. The monoisotopic (exact) mass is 321 g/mol. The van der Waals surface area contributed by atoms with E-state index in [2.05, 4.69) is 14.2 Å². The van der Waals surface area contributed by atoms with E-state index >= 15 is 0 Å². The molecule has 0 aliphatic rings. The van der Waals surface area contributed by atoms with Crippen molar-refractivity contribution in [3.05, 3.63) is 16.3 Å². The lowest BCUT2D eigenvalue weighted by Gasteiger charge is -2.07. The standard InChI is InChI=1S/C11H15NO6S2/c1-3-18-9(13)5-7-20(15,16)12-8-4-6-19-10(8)11(14)17-2/h4,6,12H,3,5,7H2,1-2H3. The largest absolute Gasteiger partial charge is 0.466 e. The minimum absolute atomic E-state index is 0.144. The van der Waals surface area contributed by atoms with E-state index in [1.165, 1.54) is 13.2 Å². The summed E-state index contributed by atoms with van der Waals surface area (Å²) in [4.78, 5) is 22.7. The first-order valence-electron chi connectivity index (χ1n) is 5.71. The topological polar surface area (TPSA) is 98.8 Å². The molecule has 0 aliphatic heterocycles. The van der Waals surface area contributed by atoms with Crippen molar-refractivity contribution >= 4 is 39.0 Å². The van der Waals surface area contributed by atoms with Gasteiger partial charge in [0.2, 0.25) is 10.0 Å². The molecule has 7 nitrogen and oxygen atoms in total. The first kappa shape index (κ1) is 16.4. The predicted octanol–water partition coefficient (Wildman–Crippen LogP) is 1.23. The van der Waals surface area contributed by atoms with Crippen molar-refractivity contribution in [1.82, 2.24) is 0 Å². The number of thiophene rings is 1. The summed E-state index contributed by atoms with van der Waals surface area (Å²) in [5, 5.41) is 1.56. The molecular weight excluding hydrogens is 306 g/mol. The second-order valence-electron chi connectivity index (χ2n) is 3.63. The van der Waals surface area contributed by atoms with Crippen LogP contribution in [0.4, 0.5) is 5.69 Å². The van der Waals surface area contributed by atoms with Gasteiger partial charge in [-0.25, -0.2) is 13.2 Å². The highest BCUT2D eigenvalue weighted by Gasteiger charge is 2.19. The molecule has 20 heavy (non-hydrogen) atoms. The highest BCUT2D eigenvalue weighted by molar-refractivity contribution is 7.92. The number of anilines is 1. The number of ether oxygens (including phenoxy) is 2. The third kappa shape index (κ3) is 4.82. The molecule has 0 bridgehead atoms. The maximum Gasteiger partial charge on any atom is 0.350 e. The first-order valence-corrected chi connectivity index (χ1v) is 8.24. The second-order valence-corrected chi connectivity index (χ2v) is 6.39. The molecule has 0 unspecified atom stereocenters. The van der Waals surface area contributed by atoms with Crippen LogP contribution in [-0.2, 0) is 24.3 Å². The summed E-state index contributed by atoms with van der Waals surface area (Å²) in [6.07, 6.45) is -0.249. The van der Waals surface area contributed by atoms with Crippen molar-refractivity contribution in [1.29, 1.82) is 0 Å². The molecule has 0 saturated heterocycles. The third-order valence-corrected chi connectivity index (χ3v) is 4.35. The highest BCUT2D eigenvalue weighted by Crippen LogP contribution is 2.24. The van der Waals surface area contributed by atoms with Crippen LogP contribution < -0.4 is 4.72 Å². The van der Waals surface area contributed by atoms with Crippen molar-refractivity contribution in [2.75, 3.05) is 24.2 Å². The maximum absolute atomic E-state index is 11.8. The number of carbonyl (C=O) groups excluding carboxylic acids is 2. The lowest BCUT2D eigenvalue weighted by Crippen LogP contribution is -2.20. The van der Waals surface area contributed by atoms with E-state index < -0.39 is 27.7 Å². The van der Waals surface area contributed by atoms with Gasteiger partial charge in [-0.1, -0.05) is 0 Å². The Kier molecular flexibility index (Phi) is 5.96. The van der Waals surface area contributed by atoms with Crippen molar-refractivity contribution < 1.29 is 27.5 Å². The van der Waals surface area contributed by atoms with Crippen molar-refractivity contribution in [2.45, 2.75) is 13.3 Å². The minimum Gasteiger partial charge on any atom is -0.466 e. The SMILES string of the molecule is CCOC(=O)CCS(=O)(=O)Nc1ccsc1C(=O)OC. The molecule has 0 amide bonds. The van der Waals surface area contributed by atoms with Crippen LogP contribution in [-0.4, -0.2) is 39.8 Å². The van der Waals surface area contributed by atoms with Crippen molar-refractivity contribution in [3.8, 4) is 0 Å². The molecule has 1 rings (SSSR count). The summed E-state index contributed by atoms with van der Waals surface area (Å²) in [5.74, 6) is -1.62. The van der Waals surface area contributed by atoms with Gasteiger partial charge in [0.1, 0.15) is 4.88 Å². The molecule has 1 aromatic rings. The summed E-state index contributed by atoms with van der Waals surface area (Å²) in [5.41, 5.74) is 0.144. The van der Waals surface area contributed by atoms with Gasteiger partial charge in [0.15, 0.2) is 0 Å². The van der Waals surface area contributed by atoms with Crippen LogP contribution in [0.25, 0.3) is 0 Å². The van der Waals surface area contributed by atoms with Gasteiger partial charge in [-0.15, -0.1) is 11.3 Å². The maximum atomic E-state index is 11.8. The zero-order valence-corrected chi connectivity index (χ0v) is 12.7. The molecule has 0 radical (unpaired) electrons. The van der Waals surface area contributed by atoms with Crippen molar-refractivity contribution in [2.24, 2.45) is 0 Å². The van der Waals surface area contributed by atoms with E-state index in [-0.39, 0.29) is 23.6 Å². The second kappa shape index (κ2) is 7.25. The number of esters is 2. The van der Waals surface area contributed by atoms with E-state index in [1.807, 2.05) is 0 Å². The number of hydrogen-bond donors (Lipinski definition) is 1. The van der Waals surface area contributed by atoms with Gasteiger partial charge in [-0.2, -0.15) is 0 Å². The number of rotatable bonds is 7. The number of nitrogens with one attached hydrogen (secondary N) is 1. The highest BCUT2D eigenvalue weighted by atomic mass is 32.2. The molecule has 0 saturated carbocycles. The molecule has 0 aliphatic carbocycles. The van der Waals surface area contributed by atoms with Crippen LogP contribution in [0.1, 0.15) is 23.0 Å². The fraction of sp³-hybridized carbons (Fsp3) is 0.455. The average Bonchev–Trinajstić information content (AvgIpc) is 2.83. The van der Waals surface area contributed by atoms with Crippen molar-refractivity contribution in [3.63, 3.8) is 0 Å². The Morgan fingerprint density at radius 3 is 2.70 bits per heavy atom. The summed E-state index contributed by atoms with van der Waals surface area (Å²) in [6.45, 7) is 1.84. The van der Waals surface area contributed by atoms with Crippen LogP contribution in [0.2, 0.25) is 0 Å². The van der Waals surface area contributed by atoms with Gasteiger partial charge < -0.3 is 9.47 Å². The van der Waals surface area contributed by atoms with E-state index in [0.29, 0.717) is 0 Å². The lowest BCUT2D eigenvalue weighted by molar-refractivity contribution is -0.142. The van der Waals surface area contributed by atoms with Gasteiger partial charge in [0.05, 0.1) is 31.6 Å². The van der Waals surface area contributed by atoms with Gasteiger partial charge in [0, 0.05) is 0 Å². The number of methoxy groups -OCH3 is 1. The summed E-state index contributed by atoms with van der Waals surface area (Å²) < 4.78 is 35.1. The fourth-order valence-corrected chi connectivity index (χ4v) is 3.18. The summed E-state index contributed by atoms with van der Waals surface area (Å²) in [6, 6.07) is 1.46. The van der Waals surface area contributed by atoms with Gasteiger partial charge >= 0.3 is 11.9 Å². The zero-order chi connectivity index (χ0) is 15.2. The van der Waals surface area contributed by atoms with Crippen LogP contribution in [0.3, 0.4) is 0 Å². The lowest BCUT2D eigenvalue weighted by atomic mass is 10.4. The van der Waals surface area contributed by atoms with E-state index in [9.17, 15) is 18.0 Å². The Bertz CT molecular complexity index is 577. The number of hydrogen-bond acceptors (Lipinski definition) is 7. The van der Waals surface area contributed by atoms with E-state index in [1.54, 1.807) is 12.3 Å². The average molecular weight is 321 g/mol. The Morgan fingerprint density at radius 1 is 1.40 bits per heavy atom. The van der Waals surface area contributed by atoms with Crippen LogP contribution in [0.5, 0.6) is 0 Å². The molecule has 1 heterocycles. The quantitative estimate of drug-likeness (QED) is 0.758. The van der Waals surface area contributed by atoms with Gasteiger partial charge in [-0.05, 0) is 18.4 Å². The molecular formula is C11H15NO6S2.